The van der Waals surface area contributed by atoms with Gasteiger partial charge in [-0.3, -0.25) is 14.5 Å². The summed E-state index contributed by atoms with van der Waals surface area (Å²) in [5, 5.41) is 3.79. The van der Waals surface area contributed by atoms with Crippen molar-refractivity contribution in [3.63, 3.8) is 0 Å². The Morgan fingerprint density at radius 2 is 1.91 bits per heavy atom. The number of anilines is 1. The number of benzene rings is 2. The summed E-state index contributed by atoms with van der Waals surface area (Å²) >= 11 is 13.6. The van der Waals surface area contributed by atoms with Gasteiger partial charge in [-0.25, -0.2) is 4.99 Å². The fourth-order valence-corrected chi connectivity index (χ4v) is 4.86. The van der Waals surface area contributed by atoms with Crippen LogP contribution in [0, 0.1) is 0 Å². The van der Waals surface area contributed by atoms with Gasteiger partial charge in [0.15, 0.2) is 5.17 Å². The largest absolute Gasteiger partial charge is 0.324 e. The minimum absolute atomic E-state index is 0.0978. The maximum Gasteiger partial charge on any atom is 0.238 e. The Kier molecular flexibility index (Phi) is 9.45. The Morgan fingerprint density at radius 3 is 2.66 bits per heavy atom. The second-order valence-corrected chi connectivity index (χ2v) is 9.63. The van der Waals surface area contributed by atoms with E-state index in [1.54, 1.807) is 41.3 Å². The van der Waals surface area contributed by atoms with Crippen LogP contribution < -0.4 is 5.32 Å². The summed E-state index contributed by atoms with van der Waals surface area (Å²) in [7, 11) is 0. The monoisotopic (exact) mass is 491 g/mol. The van der Waals surface area contributed by atoms with E-state index >= 15 is 0 Å². The molecule has 0 aliphatic carbocycles. The number of hydrogen-bond donors (Lipinski definition) is 1. The van der Waals surface area contributed by atoms with Gasteiger partial charge in [0, 0.05) is 18.0 Å². The van der Waals surface area contributed by atoms with Gasteiger partial charge in [-0.2, -0.15) is 0 Å². The minimum atomic E-state index is -0.590. The molecule has 1 N–H and O–H groups in total. The summed E-state index contributed by atoms with van der Waals surface area (Å²) in [5.74, 6) is -0.364. The molecule has 1 heterocycles. The van der Waals surface area contributed by atoms with Gasteiger partial charge >= 0.3 is 0 Å². The van der Waals surface area contributed by atoms with Gasteiger partial charge in [0.1, 0.15) is 5.25 Å². The number of para-hydroxylation sites is 1. The molecule has 0 spiro atoms. The topological polar surface area (TPSA) is 61.8 Å². The lowest BCUT2D eigenvalue weighted by atomic mass is 10.1. The number of amides is 2. The number of thioether (sulfide) groups is 1. The van der Waals surface area contributed by atoms with E-state index in [1.807, 2.05) is 12.1 Å². The lowest BCUT2D eigenvalue weighted by Crippen LogP contribution is -2.45. The van der Waals surface area contributed by atoms with Crippen molar-refractivity contribution < 1.29 is 9.59 Å². The van der Waals surface area contributed by atoms with Crippen LogP contribution in [-0.4, -0.2) is 33.7 Å². The SMILES string of the molecule is CCCCCCCN1C(=O)CC(C(=O)Nc2ccccc2Cl)SC1=Nc1cccc(Cl)c1. The van der Waals surface area contributed by atoms with Crippen molar-refractivity contribution in [3.05, 3.63) is 58.6 Å². The number of rotatable bonds is 9. The number of unbranched alkanes of at least 4 members (excludes halogenated alkanes) is 4. The fourth-order valence-electron chi connectivity index (χ4n) is 3.37. The van der Waals surface area contributed by atoms with Crippen LogP contribution in [0.3, 0.4) is 0 Å². The molecular weight excluding hydrogens is 465 g/mol. The molecule has 0 bridgehead atoms. The van der Waals surface area contributed by atoms with E-state index in [0.717, 1.165) is 19.3 Å². The zero-order valence-electron chi connectivity index (χ0n) is 18.0. The average molecular weight is 492 g/mol. The van der Waals surface area contributed by atoms with Crippen molar-refractivity contribution in [1.29, 1.82) is 0 Å². The summed E-state index contributed by atoms with van der Waals surface area (Å²) < 4.78 is 0. The average Bonchev–Trinajstić information content (AvgIpc) is 2.76. The first-order valence-electron chi connectivity index (χ1n) is 10.8. The van der Waals surface area contributed by atoms with Crippen LogP contribution in [0.5, 0.6) is 0 Å². The predicted octanol–water partition coefficient (Wildman–Crippen LogP) is 6.92. The molecule has 0 aromatic heterocycles. The van der Waals surface area contributed by atoms with Gasteiger partial charge in [-0.15, -0.1) is 0 Å². The molecule has 1 saturated heterocycles. The summed E-state index contributed by atoms with van der Waals surface area (Å²) in [5.41, 5.74) is 1.18. The number of carbonyl (C=O) groups is 2. The summed E-state index contributed by atoms with van der Waals surface area (Å²) in [6.45, 7) is 2.77. The highest BCUT2D eigenvalue weighted by Gasteiger charge is 2.35. The quantitative estimate of drug-likeness (QED) is 0.387. The summed E-state index contributed by atoms with van der Waals surface area (Å²) in [6.07, 6.45) is 5.58. The molecule has 170 valence electrons. The first-order valence-corrected chi connectivity index (χ1v) is 12.5. The summed E-state index contributed by atoms with van der Waals surface area (Å²) in [6, 6.07) is 14.2. The molecule has 1 fully saturated rings. The highest BCUT2D eigenvalue weighted by Crippen LogP contribution is 2.31. The molecule has 1 aliphatic heterocycles. The van der Waals surface area contributed by atoms with Crippen molar-refractivity contribution in [2.24, 2.45) is 4.99 Å². The maximum atomic E-state index is 13.0. The van der Waals surface area contributed by atoms with Gasteiger partial charge in [0.25, 0.3) is 0 Å². The molecule has 5 nitrogen and oxygen atoms in total. The Morgan fingerprint density at radius 1 is 1.12 bits per heavy atom. The first-order chi connectivity index (χ1) is 15.5. The zero-order valence-corrected chi connectivity index (χ0v) is 20.3. The second-order valence-electron chi connectivity index (χ2n) is 7.61. The number of aliphatic imine (C=N–C) groups is 1. The smallest absolute Gasteiger partial charge is 0.238 e. The van der Waals surface area contributed by atoms with Crippen molar-refractivity contribution >= 4 is 63.3 Å². The number of carbonyl (C=O) groups excluding carboxylic acids is 2. The molecule has 2 amide bonds. The molecule has 3 rings (SSSR count). The van der Waals surface area contributed by atoms with Gasteiger partial charge in [-0.05, 0) is 36.8 Å². The molecule has 0 radical (unpaired) electrons. The van der Waals surface area contributed by atoms with Gasteiger partial charge < -0.3 is 5.32 Å². The molecule has 1 aliphatic rings. The highest BCUT2D eigenvalue weighted by molar-refractivity contribution is 8.15. The van der Waals surface area contributed by atoms with Gasteiger partial charge in [0.05, 0.1) is 16.4 Å². The Labute approximate surface area is 203 Å². The van der Waals surface area contributed by atoms with Gasteiger partial charge in [-0.1, -0.05) is 85.8 Å². The number of nitrogens with zero attached hydrogens (tertiary/aromatic N) is 2. The molecule has 0 saturated carbocycles. The Balaban J connectivity index is 1.77. The fraction of sp³-hybridized carbons (Fsp3) is 0.375. The number of hydrogen-bond acceptors (Lipinski definition) is 4. The zero-order chi connectivity index (χ0) is 22.9. The molecule has 1 atom stereocenters. The highest BCUT2D eigenvalue weighted by atomic mass is 35.5. The van der Waals surface area contributed by atoms with Crippen molar-refractivity contribution in [3.8, 4) is 0 Å². The van der Waals surface area contributed by atoms with Crippen LogP contribution >= 0.6 is 35.0 Å². The lowest BCUT2D eigenvalue weighted by Gasteiger charge is -2.32. The maximum absolute atomic E-state index is 13.0. The molecule has 2 aromatic rings. The Hall–Kier alpha value is -2.02. The molecule has 2 aromatic carbocycles. The number of nitrogens with one attached hydrogen (secondary N) is 1. The van der Waals surface area contributed by atoms with Crippen molar-refractivity contribution in [2.75, 3.05) is 11.9 Å². The normalized spacial score (nSPS) is 17.6. The predicted molar refractivity (Wildman–Crippen MR) is 135 cm³/mol. The third-order valence-electron chi connectivity index (χ3n) is 5.08. The van der Waals surface area contributed by atoms with E-state index in [1.165, 1.54) is 24.6 Å². The second kappa shape index (κ2) is 12.3. The third-order valence-corrected chi connectivity index (χ3v) is 6.83. The lowest BCUT2D eigenvalue weighted by molar-refractivity contribution is -0.129. The van der Waals surface area contributed by atoms with Crippen LogP contribution in [0.2, 0.25) is 10.0 Å². The third kappa shape index (κ3) is 6.99. The van der Waals surface area contributed by atoms with E-state index in [2.05, 4.69) is 17.2 Å². The number of amidine groups is 1. The van der Waals surface area contributed by atoms with Gasteiger partial charge in [0.2, 0.25) is 11.8 Å². The summed E-state index contributed by atoms with van der Waals surface area (Å²) in [4.78, 5) is 32.3. The molecule has 1 unspecified atom stereocenters. The van der Waals surface area contributed by atoms with Crippen LogP contribution in [0.25, 0.3) is 0 Å². The van der Waals surface area contributed by atoms with Crippen LogP contribution in [0.4, 0.5) is 11.4 Å². The first kappa shape index (κ1) is 24.6. The van der Waals surface area contributed by atoms with Crippen LogP contribution in [0.15, 0.2) is 53.5 Å². The minimum Gasteiger partial charge on any atom is -0.324 e. The van der Waals surface area contributed by atoms with Crippen molar-refractivity contribution in [2.45, 2.75) is 50.7 Å². The Bertz CT molecular complexity index is 983. The van der Waals surface area contributed by atoms with E-state index in [0.29, 0.717) is 33.1 Å². The molecule has 8 heteroatoms. The van der Waals surface area contributed by atoms with E-state index in [9.17, 15) is 9.59 Å². The molecule has 32 heavy (non-hydrogen) atoms. The van der Waals surface area contributed by atoms with Crippen LogP contribution in [0.1, 0.15) is 45.4 Å². The van der Waals surface area contributed by atoms with E-state index < -0.39 is 5.25 Å². The standard InChI is InChI=1S/C24H27Cl2N3O2S/c1-2-3-4-5-8-14-29-22(30)16-21(23(31)28-20-13-7-6-12-19(20)26)32-24(29)27-18-11-9-10-17(25)15-18/h6-7,9-13,15,21H,2-5,8,14,16H2,1H3,(H,28,31). The molecular formula is C24H27Cl2N3O2S. The van der Waals surface area contributed by atoms with E-state index in [4.69, 9.17) is 23.2 Å². The van der Waals surface area contributed by atoms with E-state index in [-0.39, 0.29) is 18.2 Å². The number of halogens is 2. The van der Waals surface area contributed by atoms with Crippen LogP contribution in [-0.2, 0) is 9.59 Å². The van der Waals surface area contributed by atoms with Crippen molar-refractivity contribution in [1.82, 2.24) is 4.90 Å².